The Morgan fingerprint density at radius 1 is 1.25 bits per heavy atom. The molecule has 4 aromatic rings. The number of rotatable bonds is 5. The molecular formula is C22H14ClN3O5S. The molecule has 1 amide bonds. The van der Waals surface area contributed by atoms with Gasteiger partial charge in [0.15, 0.2) is 11.5 Å². The Kier molecular flexibility index (Phi) is 4.91. The molecule has 2 aromatic carbocycles. The van der Waals surface area contributed by atoms with Crippen molar-refractivity contribution < 1.29 is 23.8 Å². The summed E-state index contributed by atoms with van der Waals surface area (Å²) in [5.74, 6) is -1.62. The normalized spacial score (nSPS) is 16.2. The molecule has 10 heteroatoms. The van der Waals surface area contributed by atoms with Crippen molar-refractivity contribution in [3.8, 4) is 5.75 Å². The third-order valence-electron chi connectivity index (χ3n) is 5.15. The van der Waals surface area contributed by atoms with Crippen molar-refractivity contribution in [1.29, 1.82) is 0 Å². The number of ether oxygens (including phenoxy) is 1. The number of Topliss-reactive ketones (excluding diaryl/α,β-unsaturated/α-hetero) is 1. The van der Waals surface area contributed by atoms with Gasteiger partial charge in [-0.2, -0.15) is 0 Å². The Bertz CT molecular complexity index is 1360. The van der Waals surface area contributed by atoms with Crippen molar-refractivity contribution in [1.82, 2.24) is 10.2 Å². The number of nitrogens with zero attached hydrogens (tertiary/aromatic N) is 3. The van der Waals surface area contributed by atoms with Gasteiger partial charge in [-0.25, -0.2) is 0 Å². The number of aliphatic hydroxyl groups excluding tert-OH is 1. The maximum absolute atomic E-state index is 13.5. The summed E-state index contributed by atoms with van der Waals surface area (Å²) in [4.78, 5) is 27.8. The number of para-hydroxylation sites is 1. The van der Waals surface area contributed by atoms with E-state index >= 15 is 0 Å². The fourth-order valence-electron chi connectivity index (χ4n) is 3.70. The fraction of sp³-hybridized carbons (Fsp3) is 0.0909. The van der Waals surface area contributed by atoms with E-state index in [1.165, 1.54) is 17.5 Å². The quantitative estimate of drug-likeness (QED) is 0.423. The molecule has 0 fully saturated rings. The zero-order valence-corrected chi connectivity index (χ0v) is 18.1. The van der Waals surface area contributed by atoms with Gasteiger partial charge in [0.2, 0.25) is 10.9 Å². The van der Waals surface area contributed by atoms with Gasteiger partial charge in [-0.15, -0.1) is 10.2 Å². The van der Waals surface area contributed by atoms with Gasteiger partial charge in [-0.3, -0.25) is 14.5 Å². The van der Waals surface area contributed by atoms with Gasteiger partial charge in [-0.05, 0) is 29.8 Å². The van der Waals surface area contributed by atoms with E-state index < -0.39 is 23.5 Å². The number of hydrogen-bond acceptors (Lipinski definition) is 8. The number of hydrogen-bond donors (Lipinski definition) is 1. The molecule has 1 unspecified atom stereocenters. The number of aromatic nitrogens is 2. The Hall–Kier alpha value is -3.69. The summed E-state index contributed by atoms with van der Waals surface area (Å²) in [7, 11) is 1.48. The third-order valence-corrected chi connectivity index (χ3v) is 6.13. The molecule has 160 valence electrons. The third kappa shape index (κ3) is 3.14. The van der Waals surface area contributed by atoms with Gasteiger partial charge in [-0.1, -0.05) is 47.2 Å². The number of furan rings is 1. The van der Waals surface area contributed by atoms with E-state index in [9.17, 15) is 14.7 Å². The topological polar surface area (TPSA) is 106 Å². The number of ketones is 1. The average Bonchev–Trinajstić information content (AvgIpc) is 3.52. The van der Waals surface area contributed by atoms with Crippen molar-refractivity contribution in [2.24, 2.45) is 0 Å². The highest BCUT2D eigenvalue weighted by Crippen LogP contribution is 2.44. The van der Waals surface area contributed by atoms with Gasteiger partial charge in [0.25, 0.3) is 5.91 Å². The van der Waals surface area contributed by atoms with E-state index in [0.29, 0.717) is 16.9 Å². The van der Waals surface area contributed by atoms with E-state index in [4.69, 9.17) is 20.8 Å². The zero-order valence-electron chi connectivity index (χ0n) is 16.5. The number of amides is 1. The Balaban J connectivity index is 1.67. The van der Waals surface area contributed by atoms with Crippen molar-refractivity contribution in [3.63, 3.8) is 0 Å². The summed E-state index contributed by atoms with van der Waals surface area (Å²) in [6, 6.07) is 12.6. The molecule has 2 aromatic heterocycles. The minimum absolute atomic E-state index is 0.00396. The summed E-state index contributed by atoms with van der Waals surface area (Å²) in [6.45, 7) is 0. The number of carbonyl (C=O) groups excluding carboxylic acids is 2. The first-order valence-corrected chi connectivity index (χ1v) is 10.6. The van der Waals surface area contributed by atoms with Crippen LogP contribution >= 0.6 is 22.9 Å². The van der Waals surface area contributed by atoms with E-state index in [2.05, 4.69) is 10.2 Å². The second-order valence-corrected chi connectivity index (χ2v) is 8.15. The van der Waals surface area contributed by atoms with Crippen LogP contribution in [0.2, 0.25) is 5.02 Å². The van der Waals surface area contributed by atoms with Crippen molar-refractivity contribution in [2.75, 3.05) is 12.0 Å². The molecular weight excluding hydrogens is 454 g/mol. The summed E-state index contributed by atoms with van der Waals surface area (Å²) >= 11 is 7.42. The fourth-order valence-corrected chi connectivity index (χ4v) is 4.55. The van der Waals surface area contributed by atoms with Crippen molar-refractivity contribution in [2.45, 2.75) is 6.04 Å². The van der Waals surface area contributed by atoms with Crippen molar-refractivity contribution >= 4 is 50.7 Å². The highest BCUT2D eigenvalue weighted by atomic mass is 35.5. The van der Waals surface area contributed by atoms with Crippen LogP contribution in [0.3, 0.4) is 0 Å². The Morgan fingerprint density at radius 3 is 2.75 bits per heavy atom. The lowest BCUT2D eigenvalue weighted by atomic mass is 9.95. The lowest BCUT2D eigenvalue weighted by molar-refractivity contribution is -0.117. The first-order valence-electron chi connectivity index (χ1n) is 9.39. The number of anilines is 1. The highest BCUT2D eigenvalue weighted by Gasteiger charge is 2.46. The number of halogens is 1. The smallest absolute Gasteiger partial charge is 0.296 e. The molecule has 8 nitrogen and oxygen atoms in total. The molecule has 1 atom stereocenters. The highest BCUT2D eigenvalue weighted by molar-refractivity contribution is 7.13. The van der Waals surface area contributed by atoms with Gasteiger partial charge in [0.05, 0.1) is 23.7 Å². The predicted molar refractivity (Wildman–Crippen MR) is 118 cm³/mol. The lowest BCUT2D eigenvalue weighted by Crippen LogP contribution is -2.31. The molecule has 3 heterocycles. The largest absolute Gasteiger partial charge is 0.503 e. The molecule has 0 spiro atoms. The standard InChI is InChI=1S/C22H14ClN3O5S/c1-30-15-7-6-12(8-13(15)23)18-17(20(28)21(29)26(18)22-25-24-10-32-22)19(27)16-9-11-4-2-3-5-14(11)31-16/h2-10,18,28H,1H3. The van der Waals surface area contributed by atoms with Crippen LogP contribution in [0.1, 0.15) is 22.2 Å². The summed E-state index contributed by atoms with van der Waals surface area (Å²) in [5, 5.41) is 19.7. The number of methoxy groups -OCH3 is 1. The molecule has 1 N–H and O–H groups in total. The van der Waals surface area contributed by atoms with Gasteiger partial charge in [0, 0.05) is 5.39 Å². The molecule has 1 aliphatic heterocycles. The van der Waals surface area contributed by atoms with Gasteiger partial charge >= 0.3 is 0 Å². The van der Waals surface area contributed by atoms with Crippen LogP contribution in [-0.2, 0) is 4.79 Å². The van der Waals surface area contributed by atoms with Crippen LogP contribution in [0.25, 0.3) is 11.0 Å². The summed E-state index contributed by atoms with van der Waals surface area (Å²) in [5.41, 5.74) is 2.33. The monoisotopic (exact) mass is 467 g/mol. The SMILES string of the molecule is COc1ccc(C2C(C(=O)c3cc4ccccc4o3)=C(O)C(=O)N2c2nncs2)cc1Cl. The second-order valence-electron chi connectivity index (χ2n) is 6.93. The van der Waals surface area contributed by atoms with Crippen LogP contribution < -0.4 is 9.64 Å². The lowest BCUT2D eigenvalue weighted by Gasteiger charge is -2.24. The van der Waals surface area contributed by atoms with E-state index in [1.807, 2.05) is 6.07 Å². The number of aliphatic hydroxyl groups is 1. The van der Waals surface area contributed by atoms with Gasteiger partial charge < -0.3 is 14.3 Å². The second kappa shape index (κ2) is 7.77. The number of carbonyl (C=O) groups is 2. The molecule has 32 heavy (non-hydrogen) atoms. The van der Waals surface area contributed by atoms with Crippen LogP contribution in [0.5, 0.6) is 5.75 Å². The van der Waals surface area contributed by atoms with Crippen molar-refractivity contribution in [3.05, 3.63) is 81.7 Å². The molecule has 0 aliphatic carbocycles. The van der Waals surface area contributed by atoms with Crippen LogP contribution in [0.15, 0.2) is 69.8 Å². The predicted octanol–water partition coefficient (Wildman–Crippen LogP) is 4.73. The van der Waals surface area contributed by atoms with E-state index in [-0.39, 0.29) is 21.5 Å². The zero-order chi connectivity index (χ0) is 22.4. The maximum Gasteiger partial charge on any atom is 0.296 e. The molecule has 0 saturated carbocycles. The molecule has 5 rings (SSSR count). The molecule has 0 radical (unpaired) electrons. The Labute approximate surface area is 190 Å². The average molecular weight is 468 g/mol. The van der Waals surface area contributed by atoms with E-state index in [0.717, 1.165) is 16.7 Å². The van der Waals surface area contributed by atoms with E-state index in [1.54, 1.807) is 42.5 Å². The number of fused-ring (bicyclic) bond motifs is 1. The maximum atomic E-state index is 13.5. The number of benzene rings is 2. The van der Waals surface area contributed by atoms with Crippen LogP contribution in [-0.4, -0.2) is 34.1 Å². The van der Waals surface area contributed by atoms with Crippen LogP contribution in [0, 0.1) is 0 Å². The summed E-state index contributed by atoms with van der Waals surface area (Å²) < 4.78 is 10.9. The first-order chi connectivity index (χ1) is 15.5. The Morgan fingerprint density at radius 2 is 2.06 bits per heavy atom. The minimum atomic E-state index is -0.987. The van der Waals surface area contributed by atoms with Gasteiger partial charge in [0.1, 0.15) is 16.8 Å². The molecule has 1 aliphatic rings. The minimum Gasteiger partial charge on any atom is -0.503 e. The molecule has 0 saturated heterocycles. The first kappa shape index (κ1) is 20.2. The molecule has 0 bridgehead atoms. The van der Waals surface area contributed by atoms with Crippen LogP contribution in [0.4, 0.5) is 5.13 Å². The summed E-state index contributed by atoms with van der Waals surface area (Å²) in [6.07, 6.45) is 0.